The summed E-state index contributed by atoms with van der Waals surface area (Å²) in [6.45, 7) is 2.58. The van der Waals surface area contributed by atoms with E-state index in [1.165, 1.54) is 17.0 Å². The van der Waals surface area contributed by atoms with Crippen molar-refractivity contribution in [3.8, 4) is 5.75 Å². The van der Waals surface area contributed by atoms with E-state index in [-0.39, 0.29) is 11.9 Å². The monoisotopic (exact) mass is 305 g/mol. The van der Waals surface area contributed by atoms with Gasteiger partial charge in [0.25, 0.3) is 0 Å². The molecule has 0 bridgehead atoms. The van der Waals surface area contributed by atoms with Crippen LogP contribution in [0.25, 0.3) is 0 Å². The summed E-state index contributed by atoms with van der Waals surface area (Å²) in [5.74, 6) is 1.36. The number of halogens is 1. The highest BCUT2D eigenvalue weighted by molar-refractivity contribution is 7.99. The Morgan fingerprint density at radius 1 is 1.19 bits per heavy atom. The molecule has 0 radical (unpaired) electrons. The zero-order chi connectivity index (χ0) is 15.1. The standard InChI is InChI=1S/C17H20FNOS/c1-13(19-2)16-12-14(18)8-9-17(16)20-10-11-21-15-6-4-3-5-7-15/h3-9,12-13,19H,10-11H2,1-2H3. The van der Waals surface area contributed by atoms with E-state index in [4.69, 9.17) is 4.74 Å². The average molecular weight is 305 g/mol. The summed E-state index contributed by atoms with van der Waals surface area (Å²) in [5, 5.41) is 3.11. The van der Waals surface area contributed by atoms with Crippen molar-refractivity contribution in [2.24, 2.45) is 0 Å². The van der Waals surface area contributed by atoms with Gasteiger partial charge in [0, 0.05) is 22.3 Å². The first-order chi connectivity index (χ1) is 10.2. The van der Waals surface area contributed by atoms with Crippen molar-refractivity contribution in [3.63, 3.8) is 0 Å². The van der Waals surface area contributed by atoms with Gasteiger partial charge in [-0.2, -0.15) is 0 Å². The molecule has 2 aromatic rings. The maximum absolute atomic E-state index is 13.4. The molecule has 2 nitrogen and oxygen atoms in total. The topological polar surface area (TPSA) is 21.3 Å². The molecule has 0 heterocycles. The second-order valence-electron chi connectivity index (χ2n) is 4.70. The van der Waals surface area contributed by atoms with Gasteiger partial charge in [-0.15, -0.1) is 11.8 Å². The van der Waals surface area contributed by atoms with Crippen molar-refractivity contribution >= 4 is 11.8 Å². The fourth-order valence-corrected chi connectivity index (χ4v) is 2.72. The van der Waals surface area contributed by atoms with E-state index < -0.39 is 0 Å². The Morgan fingerprint density at radius 3 is 2.67 bits per heavy atom. The summed E-state index contributed by atoms with van der Waals surface area (Å²) >= 11 is 1.75. The molecule has 112 valence electrons. The lowest BCUT2D eigenvalue weighted by Crippen LogP contribution is -2.14. The van der Waals surface area contributed by atoms with E-state index in [0.717, 1.165) is 17.1 Å². The second-order valence-corrected chi connectivity index (χ2v) is 5.87. The van der Waals surface area contributed by atoms with Gasteiger partial charge in [-0.25, -0.2) is 4.39 Å². The SMILES string of the molecule is CNC(C)c1cc(F)ccc1OCCSc1ccccc1. The Bertz CT molecular complexity index is 562. The Balaban J connectivity index is 1.91. The van der Waals surface area contributed by atoms with E-state index in [1.807, 2.05) is 32.2 Å². The first-order valence-electron chi connectivity index (χ1n) is 6.98. The van der Waals surface area contributed by atoms with Gasteiger partial charge in [0.15, 0.2) is 0 Å². The third-order valence-corrected chi connectivity index (χ3v) is 4.20. The molecular weight excluding hydrogens is 285 g/mol. The molecule has 0 fully saturated rings. The minimum atomic E-state index is -0.238. The van der Waals surface area contributed by atoms with E-state index in [0.29, 0.717) is 6.61 Å². The van der Waals surface area contributed by atoms with Crippen LogP contribution < -0.4 is 10.1 Å². The van der Waals surface area contributed by atoms with Gasteiger partial charge in [-0.1, -0.05) is 18.2 Å². The first-order valence-corrected chi connectivity index (χ1v) is 7.96. The number of hydrogen-bond acceptors (Lipinski definition) is 3. The Morgan fingerprint density at radius 2 is 1.95 bits per heavy atom. The lowest BCUT2D eigenvalue weighted by Gasteiger charge is -2.16. The highest BCUT2D eigenvalue weighted by Crippen LogP contribution is 2.26. The van der Waals surface area contributed by atoms with E-state index in [1.54, 1.807) is 17.8 Å². The fraction of sp³-hybridized carbons (Fsp3) is 0.294. The molecule has 1 atom stereocenters. The van der Waals surface area contributed by atoms with Crippen LogP contribution in [0.3, 0.4) is 0 Å². The molecule has 0 saturated heterocycles. The zero-order valence-corrected chi connectivity index (χ0v) is 13.1. The predicted octanol–water partition coefficient (Wildman–Crippen LogP) is 4.28. The van der Waals surface area contributed by atoms with Gasteiger partial charge in [0.1, 0.15) is 11.6 Å². The van der Waals surface area contributed by atoms with Crippen LogP contribution in [0.15, 0.2) is 53.4 Å². The van der Waals surface area contributed by atoms with Crippen molar-refractivity contribution < 1.29 is 9.13 Å². The molecule has 0 spiro atoms. The van der Waals surface area contributed by atoms with Crippen LogP contribution in [-0.2, 0) is 0 Å². The summed E-state index contributed by atoms with van der Waals surface area (Å²) in [4.78, 5) is 1.23. The Labute approximate surface area is 129 Å². The highest BCUT2D eigenvalue weighted by Gasteiger charge is 2.11. The second kappa shape index (κ2) is 8.05. The van der Waals surface area contributed by atoms with Crippen molar-refractivity contribution in [2.75, 3.05) is 19.4 Å². The van der Waals surface area contributed by atoms with Gasteiger partial charge in [0.05, 0.1) is 6.61 Å². The van der Waals surface area contributed by atoms with Crippen molar-refractivity contribution in [1.29, 1.82) is 0 Å². The minimum absolute atomic E-state index is 0.0532. The molecular formula is C17H20FNOS. The van der Waals surface area contributed by atoms with Crippen LogP contribution in [-0.4, -0.2) is 19.4 Å². The van der Waals surface area contributed by atoms with Gasteiger partial charge in [-0.3, -0.25) is 0 Å². The molecule has 0 saturated carbocycles. The van der Waals surface area contributed by atoms with Crippen LogP contribution in [0.2, 0.25) is 0 Å². The summed E-state index contributed by atoms with van der Waals surface area (Å²) in [7, 11) is 1.85. The summed E-state index contributed by atoms with van der Waals surface area (Å²) in [6, 6.07) is 14.9. The quantitative estimate of drug-likeness (QED) is 0.609. The third-order valence-electron chi connectivity index (χ3n) is 3.22. The molecule has 0 aliphatic carbocycles. The number of benzene rings is 2. The van der Waals surface area contributed by atoms with E-state index in [2.05, 4.69) is 17.4 Å². The van der Waals surface area contributed by atoms with Crippen LogP contribution in [0.1, 0.15) is 18.5 Å². The van der Waals surface area contributed by atoms with Gasteiger partial charge in [0.2, 0.25) is 0 Å². The number of hydrogen-bond donors (Lipinski definition) is 1. The molecule has 0 aliphatic heterocycles. The van der Waals surface area contributed by atoms with Crippen molar-refractivity contribution in [2.45, 2.75) is 17.9 Å². The number of rotatable bonds is 7. The van der Waals surface area contributed by atoms with E-state index >= 15 is 0 Å². The maximum atomic E-state index is 13.4. The number of ether oxygens (including phenoxy) is 1. The smallest absolute Gasteiger partial charge is 0.124 e. The molecule has 0 aromatic heterocycles. The zero-order valence-electron chi connectivity index (χ0n) is 12.3. The van der Waals surface area contributed by atoms with Crippen LogP contribution >= 0.6 is 11.8 Å². The lowest BCUT2D eigenvalue weighted by molar-refractivity contribution is 0.336. The average Bonchev–Trinajstić information content (AvgIpc) is 2.53. The lowest BCUT2D eigenvalue weighted by atomic mass is 10.1. The Hall–Kier alpha value is -1.52. The van der Waals surface area contributed by atoms with Crippen LogP contribution in [0, 0.1) is 5.82 Å². The summed E-state index contributed by atoms with van der Waals surface area (Å²) in [5.41, 5.74) is 0.849. The van der Waals surface area contributed by atoms with Crippen LogP contribution in [0.4, 0.5) is 4.39 Å². The Kier molecular flexibility index (Phi) is 6.08. The molecule has 0 amide bonds. The highest BCUT2D eigenvalue weighted by atomic mass is 32.2. The van der Waals surface area contributed by atoms with Crippen molar-refractivity contribution in [1.82, 2.24) is 5.32 Å². The molecule has 1 N–H and O–H groups in total. The summed E-state index contributed by atoms with van der Waals surface area (Å²) in [6.07, 6.45) is 0. The normalized spacial score (nSPS) is 12.1. The van der Waals surface area contributed by atoms with E-state index in [9.17, 15) is 4.39 Å². The molecule has 21 heavy (non-hydrogen) atoms. The third kappa shape index (κ3) is 4.76. The van der Waals surface area contributed by atoms with Gasteiger partial charge in [-0.05, 0) is 44.3 Å². The fourth-order valence-electron chi connectivity index (χ4n) is 1.97. The predicted molar refractivity (Wildman–Crippen MR) is 86.5 cm³/mol. The first kappa shape index (κ1) is 15.9. The van der Waals surface area contributed by atoms with Gasteiger partial charge < -0.3 is 10.1 Å². The van der Waals surface area contributed by atoms with Crippen LogP contribution in [0.5, 0.6) is 5.75 Å². The maximum Gasteiger partial charge on any atom is 0.124 e. The molecule has 2 aromatic carbocycles. The van der Waals surface area contributed by atoms with Crippen molar-refractivity contribution in [3.05, 3.63) is 59.9 Å². The number of nitrogens with one attached hydrogen (secondary N) is 1. The number of thioether (sulfide) groups is 1. The molecule has 2 rings (SSSR count). The molecule has 1 unspecified atom stereocenters. The largest absolute Gasteiger partial charge is 0.492 e. The molecule has 4 heteroatoms. The minimum Gasteiger partial charge on any atom is -0.492 e. The van der Waals surface area contributed by atoms with Gasteiger partial charge >= 0.3 is 0 Å². The molecule has 0 aliphatic rings. The summed E-state index contributed by atoms with van der Waals surface area (Å²) < 4.78 is 19.2.